The molecule has 0 aliphatic carbocycles. The summed E-state index contributed by atoms with van der Waals surface area (Å²) in [6, 6.07) is 0. The molecule has 0 aliphatic heterocycles. The van der Waals surface area contributed by atoms with Gasteiger partial charge in [0.25, 0.3) is 0 Å². The van der Waals surface area contributed by atoms with E-state index in [4.69, 9.17) is 9.47 Å². The molecule has 0 unspecified atom stereocenters. The number of unbranched alkanes of at least 4 members (excludes halogenated alkanes) is 15. The van der Waals surface area contributed by atoms with Gasteiger partial charge in [0, 0.05) is 20.8 Å². The summed E-state index contributed by atoms with van der Waals surface area (Å²) in [6.07, 6.45) is 22.6. The lowest BCUT2D eigenvalue weighted by Gasteiger charge is -2.13. The highest BCUT2D eigenvalue weighted by Crippen LogP contribution is 2.13. The lowest BCUT2D eigenvalue weighted by molar-refractivity contribution is -0.0986. The third-order valence-electron chi connectivity index (χ3n) is 5.04. The van der Waals surface area contributed by atoms with Gasteiger partial charge >= 0.3 is 0 Å². The van der Waals surface area contributed by atoms with Crippen molar-refractivity contribution >= 4 is 0 Å². The molecule has 0 aromatic heterocycles. The van der Waals surface area contributed by atoms with Crippen molar-refractivity contribution in [2.45, 2.75) is 116 Å². The van der Waals surface area contributed by atoms with Crippen LogP contribution in [0.15, 0.2) is 0 Å². The molecule has 0 aromatic rings. The van der Waals surface area contributed by atoms with Crippen LogP contribution in [0.2, 0.25) is 0 Å². The highest BCUT2D eigenvalue weighted by atomic mass is 16.7. The zero-order chi connectivity index (χ0) is 18.4. The molecule has 0 aromatic carbocycles. The number of hydrogen-bond acceptors (Lipinski definition) is 3. The fraction of sp³-hybridized carbons (Fsp3) is 1.00. The van der Waals surface area contributed by atoms with E-state index in [1.165, 1.54) is 103 Å². The molecule has 1 N–H and O–H groups in total. The van der Waals surface area contributed by atoms with E-state index < -0.39 is 0 Å². The Bertz CT molecular complexity index is 232. The van der Waals surface area contributed by atoms with E-state index in [1.54, 1.807) is 14.2 Å². The van der Waals surface area contributed by atoms with Gasteiger partial charge in [0.15, 0.2) is 6.29 Å². The average Bonchev–Trinajstić information content (AvgIpc) is 2.64. The van der Waals surface area contributed by atoms with E-state index >= 15 is 0 Å². The molecule has 0 spiro atoms. The van der Waals surface area contributed by atoms with Gasteiger partial charge in [-0.2, -0.15) is 0 Å². The van der Waals surface area contributed by atoms with Crippen molar-refractivity contribution in [3.63, 3.8) is 0 Å². The Kier molecular flexibility index (Phi) is 21.8. The molecule has 3 nitrogen and oxygen atoms in total. The summed E-state index contributed by atoms with van der Waals surface area (Å²) in [4.78, 5) is 0. The second-order valence-corrected chi connectivity index (χ2v) is 7.41. The predicted molar refractivity (Wildman–Crippen MR) is 110 cm³/mol. The van der Waals surface area contributed by atoms with Gasteiger partial charge in [-0.05, 0) is 13.0 Å². The van der Waals surface area contributed by atoms with E-state index in [9.17, 15) is 0 Å². The van der Waals surface area contributed by atoms with E-state index in [-0.39, 0.29) is 6.29 Å². The summed E-state index contributed by atoms with van der Waals surface area (Å²) in [7, 11) is 3.37. The van der Waals surface area contributed by atoms with Gasteiger partial charge in [0.05, 0.1) is 0 Å². The van der Waals surface area contributed by atoms with Crippen molar-refractivity contribution in [1.82, 2.24) is 5.32 Å². The second kappa shape index (κ2) is 21.9. The van der Waals surface area contributed by atoms with Crippen LogP contribution in [-0.4, -0.2) is 33.6 Å². The standard InChI is InChI=1S/C22H47NO2/c1-4-5-6-7-8-9-10-11-12-13-14-15-16-17-18-19-20-23-21-22(24-2)25-3/h22-23H,4-21H2,1-3H3. The van der Waals surface area contributed by atoms with Crippen LogP contribution < -0.4 is 5.32 Å². The Morgan fingerprint density at radius 2 is 0.920 bits per heavy atom. The molecule has 152 valence electrons. The summed E-state index contributed by atoms with van der Waals surface area (Å²) in [5.41, 5.74) is 0. The zero-order valence-electron chi connectivity index (χ0n) is 17.6. The van der Waals surface area contributed by atoms with E-state index in [0.29, 0.717) is 0 Å². The molecule has 0 aliphatic rings. The normalized spacial score (nSPS) is 11.5. The quantitative estimate of drug-likeness (QED) is 0.189. The van der Waals surface area contributed by atoms with Crippen molar-refractivity contribution in [3.8, 4) is 0 Å². The third-order valence-corrected chi connectivity index (χ3v) is 5.04. The lowest BCUT2D eigenvalue weighted by Crippen LogP contribution is -2.30. The molecule has 0 radical (unpaired) electrons. The molecule has 0 atom stereocenters. The van der Waals surface area contributed by atoms with Crippen molar-refractivity contribution < 1.29 is 9.47 Å². The molecular weight excluding hydrogens is 310 g/mol. The fourth-order valence-electron chi connectivity index (χ4n) is 3.28. The summed E-state index contributed by atoms with van der Waals surface area (Å²) >= 11 is 0. The van der Waals surface area contributed by atoms with Crippen LogP contribution in [-0.2, 0) is 9.47 Å². The molecule has 0 saturated carbocycles. The van der Waals surface area contributed by atoms with Gasteiger partial charge in [-0.1, -0.05) is 103 Å². The molecule has 0 saturated heterocycles. The van der Waals surface area contributed by atoms with Crippen LogP contribution in [0, 0.1) is 0 Å². The Morgan fingerprint density at radius 1 is 0.560 bits per heavy atom. The topological polar surface area (TPSA) is 30.5 Å². The number of nitrogens with one attached hydrogen (secondary N) is 1. The van der Waals surface area contributed by atoms with E-state index in [1.807, 2.05) is 0 Å². The molecular formula is C22H47NO2. The molecule has 0 fully saturated rings. The first-order chi connectivity index (χ1) is 12.3. The van der Waals surface area contributed by atoms with Crippen LogP contribution in [0.1, 0.15) is 110 Å². The minimum Gasteiger partial charge on any atom is -0.355 e. The monoisotopic (exact) mass is 357 g/mol. The second-order valence-electron chi connectivity index (χ2n) is 7.41. The van der Waals surface area contributed by atoms with Gasteiger partial charge in [0.2, 0.25) is 0 Å². The Labute approximate surface area is 158 Å². The van der Waals surface area contributed by atoms with Gasteiger partial charge in [-0.3, -0.25) is 0 Å². The molecule has 0 amide bonds. The highest BCUT2D eigenvalue weighted by molar-refractivity contribution is 4.53. The summed E-state index contributed by atoms with van der Waals surface area (Å²) in [5, 5.41) is 3.39. The Balaban J connectivity index is 3.03. The van der Waals surface area contributed by atoms with Crippen molar-refractivity contribution in [3.05, 3.63) is 0 Å². The van der Waals surface area contributed by atoms with Crippen LogP contribution in [0.3, 0.4) is 0 Å². The van der Waals surface area contributed by atoms with Gasteiger partial charge < -0.3 is 14.8 Å². The number of methoxy groups -OCH3 is 2. The smallest absolute Gasteiger partial charge is 0.169 e. The maximum atomic E-state index is 5.15. The van der Waals surface area contributed by atoms with E-state index in [0.717, 1.165) is 13.1 Å². The first-order valence-electron chi connectivity index (χ1n) is 11.1. The van der Waals surface area contributed by atoms with E-state index in [2.05, 4.69) is 12.2 Å². The van der Waals surface area contributed by atoms with Crippen molar-refractivity contribution in [1.29, 1.82) is 0 Å². The Hall–Kier alpha value is -0.120. The van der Waals surface area contributed by atoms with Crippen LogP contribution >= 0.6 is 0 Å². The van der Waals surface area contributed by atoms with Crippen molar-refractivity contribution in [2.75, 3.05) is 27.3 Å². The van der Waals surface area contributed by atoms with Crippen LogP contribution in [0.25, 0.3) is 0 Å². The molecule has 25 heavy (non-hydrogen) atoms. The summed E-state index contributed by atoms with van der Waals surface area (Å²) in [6.45, 7) is 4.15. The summed E-state index contributed by atoms with van der Waals surface area (Å²) < 4.78 is 10.3. The van der Waals surface area contributed by atoms with Gasteiger partial charge in [-0.15, -0.1) is 0 Å². The van der Waals surface area contributed by atoms with Gasteiger partial charge in [-0.25, -0.2) is 0 Å². The lowest BCUT2D eigenvalue weighted by atomic mass is 10.0. The van der Waals surface area contributed by atoms with Crippen molar-refractivity contribution in [2.24, 2.45) is 0 Å². The molecule has 0 rings (SSSR count). The first kappa shape index (κ1) is 24.9. The SMILES string of the molecule is CCCCCCCCCCCCCCCCCCNCC(OC)OC. The maximum absolute atomic E-state index is 5.15. The average molecular weight is 358 g/mol. The zero-order valence-corrected chi connectivity index (χ0v) is 17.6. The number of ether oxygens (including phenoxy) is 2. The first-order valence-corrected chi connectivity index (χ1v) is 11.1. The predicted octanol–water partition coefficient (Wildman–Crippen LogP) is 6.46. The molecule has 3 heteroatoms. The number of rotatable bonds is 21. The molecule has 0 bridgehead atoms. The maximum Gasteiger partial charge on any atom is 0.169 e. The highest BCUT2D eigenvalue weighted by Gasteiger charge is 2.02. The van der Waals surface area contributed by atoms with Crippen LogP contribution in [0.4, 0.5) is 0 Å². The molecule has 0 heterocycles. The largest absolute Gasteiger partial charge is 0.355 e. The summed E-state index contributed by atoms with van der Waals surface area (Å²) in [5.74, 6) is 0. The third kappa shape index (κ3) is 20.0. The van der Waals surface area contributed by atoms with Crippen LogP contribution in [0.5, 0.6) is 0 Å². The number of hydrogen-bond donors (Lipinski definition) is 1. The Morgan fingerprint density at radius 3 is 1.28 bits per heavy atom. The fourth-order valence-corrected chi connectivity index (χ4v) is 3.28. The van der Waals surface area contributed by atoms with Gasteiger partial charge in [0.1, 0.15) is 0 Å². The minimum absolute atomic E-state index is 0.110. The minimum atomic E-state index is -0.110.